The molecule has 0 bridgehead atoms. The first-order valence-corrected chi connectivity index (χ1v) is 11.3. The molecule has 3 nitrogen and oxygen atoms in total. The van der Waals surface area contributed by atoms with E-state index in [0.717, 1.165) is 47.6 Å². The van der Waals surface area contributed by atoms with E-state index in [4.69, 9.17) is 9.47 Å². The molecule has 0 saturated carbocycles. The van der Waals surface area contributed by atoms with E-state index in [0.29, 0.717) is 12.2 Å². The average molecular weight is 435 g/mol. The number of rotatable bonds is 7. The summed E-state index contributed by atoms with van der Waals surface area (Å²) in [5.41, 5.74) is 2.59. The lowest BCUT2D eigenvalue weighted by Gasteiger charge is -2.20. The smallest absolute Gasteiger partial charge is 0.333 e. The minimum absolute atomic E-state index is 0.136. The number of esters is 1. The van der Waals surface area contributed by atoms with Crippen molar-refractivity contribution in [3.05, 3.63) is 95.6 Å². The van der Waals surface area contributed by atoms with Crippen molar-refractivity contribution < 1.29 is 14.3 Å². The second kappa shape index (κ2) is 11.7. The van der Waals surface area contributed by atoms with Gasteiger partial charge in [-0.25, -0.2) is 4.79 Å². The van der Waals surface area contributed by atoms with E-state index in [1.54, 1.807) is 6.08 Å². The van der Waals surface area contributed by atoms with Gasteiger partial charge in [-0.1, -0.05) is 96.5 Å². The van der Waals surface area contributed by atoms with Crippen LogP contribution in [-0.4, -0.2) is 12.6 Å². The Morgan fingerprint density at radius 3 is 2.52 bits per heavy atom. The van der Waals surface area contributed by atoms with Crippen molar-refractivity contribution in [3.8, 4) is 23.7 Å². The number of carbonyl (C=O) groups excluding carboxylic acids is 1. The van der Waals surface area contributed by atoms with Crippen LogP contribution in [0.1, 0.15) is 42.9 Å². The molecule has 1 aliphatic carbocycles. The Labute approximate surface area is 195 Å². The molecular formula is C30H26O3. The van der Waals surface area contributed by atoms with Crippen LogP contribution in [0.4, 0.5) is 0 Å². The molecule has 33 heavy (non-hydrogen) atoms. The molecule has 0 N–H and O–H groups in total. The van der Waals surface area contributed by atoms with E-state index in [1.807, 2.05) is 72.8 Å². The van der Waals surface area contributed by atoms with Crippen molar-refractivity contribution >= 4 is 16.7 Å². The van der Waals surface area contributed by atoms with Crippen LogP contribution in [0.25, 0.3) is 10.8 Å². The van der Waals surface area contributed by atoms with Gasteiger partial charge in [0.2, 0.25) is 0 Å². The fourth-order valence-electron chi connectivity index (χ4n) is 3.74. The first-order valence-electron chi connectivity index (χ1n) is 11.3. The highest BCUT2D eigenvalue weighted by Crippen LogP contribution is 2.32. The Balaban J connectivity index is 1.61. The molecule has 0 aromatic heterocycles. The second-order valence-corrected chi connectivity index (χ2v) is 7.85. The molecule has 3 aromatic rings. The summed E-state index contributed by atoms with van der Waals surface area (Å²) in [6, 6.07) is 23.8. The summed E-state index contributed by atoms with van der Waals surface area (Å²) in [6.07, 6.45) is 4.85. The van der Waals surface area contributed by atoms with Gasteiger partial charge in [-0.15, -0.1) is 0 Å². The second-order valence-electron chi connectivity index (χ2n) is 7.85. The molecule has 1 atom stereocenters. The molecule has 0 fully saturated rings. The Hall–Kier alpha value is -3.79. The highest BCUT2D eigenvalue weighted by molar-refractivity contribution is 5.87. The molecule has 0 spiro atoms. The van der Waals surface area contributed by atoms with Crippen molar-refractivity contribution in [1.82, 2.24) is 0 Å². The lowest BCUT2D eigenvalue weighted by atomic mass is 9.95. The molecular weight excluding hydrogens is 408 g/mol. The van der Waals surface area contributed by atoms with E-state index >= 15 is 0 Å². The van der Waals surface area contributed by atoms with Crippen LogP contribution in [0.2, 0.25) is 0 Å². The Morgan fingerprint density at radius 2 is 1.64 bits per heavy atom. The Bertz CT molecular complexity index is 1240. The van der Waals surface area contributed by atoms with E-state index in [1.165, 1.54) is 0 Å². The monoisotopic (exact) mass is 434 g/mol. The maximum Gasteiger partial charge on any atom is 0.333 e. The highest BCUT2D eigenvalue weighted by Gasteiger charge is 2.23. The largest absolute Gasteiger partial charge is 0.450 e. The van der Waals surface area contributed by atoms with Crippen molar-refractivity contribution in [2.24, 2.45) is 0 Å². The van der Waals surface area contributed by atoms with Crippen LogP contribution >= 0.6 is 0 Å². The average Bonchev–Trinajstić information content (AvgIpc) is 2.86. The Kier molecular flexibility index (Phi) is 7.96. The molecule has 0 radical (unpaired) electrons. The third-order valence-electron chi connectivity index (χ3n) is 5.39. The SMILES string of the molecule is O=C(COCc1ccccc1)OC(C1=CC#CCCCCC#C1)c1cccc2ccccc12. The molecule has 0 saturated heterocycles. The minimum Gasteiger partial charge on any atom is -0.450 e. The number of hydrogen-bond donors (Lipinski definition) is 0. The van der Waals surface area contributed by atoms with Crippen LogP contribution < -0.4 is 0 Å². The van der Waals surface area contributed by atoms with Gasteiger partial charge in [-0.2, -0.15) is 0 Å². The maximum absolute atomic E-state index is 12.8. The molecule has 0 amide bonds. The topological polar surface area (TPSA) is 35.5 Å². The van der Waals surface area contributed by atoms with E-state index in [2.05, 4.69) is 23.7 Å². The van der Waals surface area contributed by atoms with Crippen molar-refractivity contribution in [2.45, 2.75) is 38.4 Å². The van der Waals surface area contributed by atoms with Crippen LogP contribution in [-0.2, 0) is 20.9 Å². The number of hydrogen-bond acceptors (Lipinski definition) is 3. The van der Waals surface area contributed by atoms with E-state index < -0.39 is 12.1 Å². The molecule has 3 aromatic carbocycles. The molecule has 0 aliphatic heterocycles. The normalized spacial score (nSPS) is 14.1. The summed E-state index contributed by atoms with van der Waals surface area (Å²) in [5, 5.41) is 2.10. The predicted molar refractivity (Wildman–Crippen MR) is 131 cm³/mol. The fourth-order valence-corrected chi connectivity index (χ4v) is 3.74. The number of allylic oxidation sites excluding steroid dienone is 1. The summed E-state index contributed by atoms with van der Waals surface area (Å²) in [6.45, 7) is 0.214. The molecule has 0 heterocycles. The molecule has 4 rings (SSSR count). The molecule has 164 valence electrons. The number of carbonyl (C=O) groups is 1. The maximum atomic E-state index is 12.8. The highest BCUT2D eigenvalue weighted by atomic mass is 16.6. The van der Waals surface area contributed by atoms with Gasteiger partial charge < -0.3 is 9.47 Å². The lowest BCUT2D eigenvalue weighted by molar-refractivity contribution is -0.153. The molecule has 1 unspecified atom stereocenters. The third-order valence-corrected chi connectivity index (χ3v) is 5.39. The van der Waals surface area contributed by atoms with Crippen LogP contribution in [0.5, 0.6) is 0 Å². The van der Waals surface area contributed by atoms with Gasteiger partial charge in [0.1, 0.15) is 6.61 Å². The first kappa shape index (κ1) is 22.4. The van der Waals surface area contributed by atoms with Crippen molar-refractivity contribution in [3.63, 3.8) is 0 Å². The van der Waals surface area contributed by atoms with Gasteiger partial charge in [-0.05, 0) is 29.2 Å². The Morgan fingerprint density at radius 1 is 0.879 bits per heavy atom. The standard InChI is InChI=1S/C30H26O3/c31-29(23-32-22-24-14-7-6-8-15-24)33-30(26-17-9-4-2-1-3-5-10-18-26)28-21-13-19-25-16-11-12-20-27(25)28/h6-8,11-16,18-21,30H,1-4,22-23H2. The summed E-state index contributed by atoms with van der Waals surface area (Å²) in [4.78, 5) is 12.8. The van der Waals surface area contributed by atoms with E-state index in [-0.39, 0.29) is 6.61 Å². The van der Waals surface area contributed by atoms with Gasteiger partial charge >= 0.3 is 5.97 Å². The molecule has 1 aliphatic rings. The quantitative estimate of drug-likeness (QED) is 0.331. The number of fused-ring (bicyclic) bond motifs is 1. The lowest BCUT2D eigenvalue weighted by Crippen LogP contribution is -2.18. The zero-order valence-electron chi connectivity index (χ0n) is 18.6. The van der Waals surface area contributed by atoms with E-state index in [9.17, 15) is 4.79 Å². The number of ether oxygens (including phenoxy) is 2. The minimum atomic E-state index is -0.648. The predicted octanol–water partition coefficient (Wildman–Crippen LogP) is 6.15. The van der Waals surface area contributed by atoms with Gasteiger partial charge in [0.15, 0.2) is 6.10 Å². The van der Waals surface area contributed by atoms with Gasteiger partial charge in [0.25, 0.3) is 0 Å². The first-order chi connectivity index (χ1) is 16.3. The van der Waals surface area contributed by atoms with Gasteiger partial charge in [-0.3, -0.25) is 0 Å². The van der Waals surface area contributed by atoms with Crippen molar-refractivity contribution in [2.75, 3.05) is 6.61 Å². The zero-order chi connectivity index (χ0) is 22.7. The van der Waals surface area contributed by atoms with Gasteiger partial charge in [0.05, 0.1) is 12.2 Å². The summed E-state index contributed by atoms with van der Waals surface area (Å²) >= 11 is 0. The summed E-state index contributed by atoms with van der Waals surface area (Å²) in [7, 11) is 0. The molecule has 3 heteroatoms. The van der Waals surface area contributed by atoms with Crippen molar-refractivity contribution in [1.29, 1.82) is 0 Å². The third kappa shape index (κ3) is 6.36. The van der Waals surface area contributed by atoms with Crippen LogP contribution in [0.15, 0.2) is 84.4 Å². The van der Waals surface area contributed by atoms with Crippen LogP contribution in [0, 0.1) is 23.7 Å². The zero-order valence-corrected chi connectivity index (χ0v) is 18.6. The summed E-state index contributed by atoms with van der Waals surface area (Å²) in [5.74, 6) is 12.3. The summed E-state index contributed by atoms with van der Waals surface area (Å²) < 4.78 is 11.6. The van der Waals surface area contributed by atoms with Gasteiger partial charge in [0, 0.05) is 24.5 Å². The number of benzene rings is 3. The fraction of sp³-hybridized carbons (Fsp3) is 0.233. The van der Waals surface area contributed by atoms with Crippen LogP contribution in [0.3, 0.4) is 0 Å².